The number of carboxylic acids is 1. The second-order valence-electron chi connectivity index (χ2n) is 7.52. The van der Waals surface area contributed by atoms with Crippen molar-refractivity contribution in [1.82, 2.24) is 0 Å². The van der Waals surface area contributed by atoms with E-state index < -0.39 is 11.6 Å². The smallest absolute Gasteiger partial charge is 0.340 e. The van der Waals surface area contributed by atoms with Gasteiger partial charge in [0.2, 0.25) is 0 Å². The van der Waals surface area contributed by atoms with Crippen molar-refractivity contribution in [3.63, 3.8) is 0 Å². The van der Waals surface area contributed by atoms with Crippen molar-refractivity contribution in [2.75, 3.05) is 18.0 Å². The summed E-state index contributed by atoms with van der Waals surface area (Å²) in [5.74, 6) is -1.30. The van der Waals surface area contributed by atoms with Gasteiger partial charge in [0.1, 0.15) is 0 Å². The van der Waals surface area contributed by atoms with Crippen LogP contribution in [0.25, 0.3) is 0 Å². The molecule has 26 heavy (non-hydrogen) atoms. The lowest BCUT2D eigenvalue weighted by molar-refractivity contribution is -0.168. The van der Waals surface area contributed by atoms with Crippen LogP contribution in [0.2, 0.25) is 0 Å². The van der Waals surface area contributed by atoms with Crippen LogP contribution in [0.5, 0.6) is 0 Å². The molecule has 0 bridgehead atoms. The number of anilines is 1. The van der Waals surface area contributed by atoms with E-state index in [1.165, 1.54) is 0 Å². The SMILES string of the molecule is CCCCc1cc(N(CC)CC)ccc1C(O)(C(=O)O)C1CCCCC1. The van der Waals surface area contributed by atoms with Gasteiger partial charge in [-0.05, 0) is 62.8 Å². The zero-order valence-corrected chi connectivity index (χ0v) is 16.6. The van der Waals surface area contributed by atoms with Gasteiger partial charge in [0.25, 0.3) is 0 Å². The van der Waals surface area contributed by atoms with Gasteiger partial charge in [0.05, 0.1) is 0 Å². The predicted octanol–water partition coefficient (Wildman–Crippen LogP) is 4.73. The number of rotatable bonds is 9. The second-order valence-corrected chi connectivity index (χ2v) is 7.52. The molecule has 1 fully saturated rings. The summed E-state index contributed by atoms with van der Waals surface area (Å²) in [4.78, 5) is 14.5. The molecular weight excluding hydrogens is 326 g/mol. The Bertz CT molecular complexity index is 591. The molecule has 1 saturated carbocycles. The number of hydrogen-bond acceptors (Lipinski definition) is 3. The number of benzene rings is 1. The molecule has 146 valence electrons. The van der Waals surface area contributed by atoms with Gasteiger partial charge in [-0.1, -0.05) is 38.7 Å². The summed E-state index contributed by atoms with van der Waals surface area (Å²) in [6, 6.07) is 5.96. The Morgan fingerprint density at radius 2 is 1.81 bits per heavy atom. The minimum absolute atomic E-state index is 0.201. The lowest BCUT2D eigenvalue weighted by Crippen LogP contribution is -2.44. The number of unbranched alkanes of at least 4 members (excludes halogenated alkanes) is 1. The summed E-state index contributed by atoms with van der Waals surface area (Å²) in [6.45, 7) is 8.21. The van der Waals surface area contributed by atoms with Crippen LogP contribution >= 0.6 is 0 Å². The Balaban J connectivity index is 2.50. The van der Waals surface area contributed by atoms with Gasteiger partial charge in [0, 0.05) is 24.7 Å². The molecule has 2 rings (SSSR count). The van der Waals surface area contributed by atoms with E-state index in [2.05, 4.69) is 31.7 Å². The number of nitrogens with zero attached hydrogens (tertiary/aromatic N) is 1. The van der Waals surface area contributed by atoms with Gasteiger partial charge in [-0.25, -0.2) is 4.79 Å². The van der Waals surface area contributed by atoms with E-state index in [0.717, 1.165) is 75.7 Å². The van der Waals surface area contributed by atoms with Crippen molar-refractivity contribution in [3.8, 4) is 0 Å². The first-order chi connectivity index (χ1) is 12.5. The van der Waals surface area contributed by atoms with E-state index in [-0.39, 0.29) is 5.92 Å². The quantitative estimate of drug-likeness (QED) is 0.668. The summed E-state index contributed by atoms with van der Waals surface area (Å²) >= 11 is 0. The molecule has 2 N–H and O–H groups in total. The van der Waals surface area contributed by atoms with Gasteiger partial charge in [-0.3, -0.25) is 0 Å². The van der Waals surface area contributed by atoms with E-state index in [0.29, 0.717) is 5.56 Å². The van der Waals surface area contributed by atoms with E-state index in [1.807, 2.05) is 12.1 Å². The van der Waals surface area contributed by atoms with Crippen molar-refractivity contribution in [3.05, 3.63) is 29.3 Å². The first kappa shape index (κ1) is 20.8. The van der Waals surface area contributed by atoms with E-state index in [9.17, 15) is 15.0 Å². The molecule has 0 saturated heterocycles. The van der Waals surface area contributed by atoms with E-state index in [4.69, 9.17) is 0 Å². The molecule has 1 aromatic rings. The van der Waals surface area contributed by atoms with E-state index >= 15 is 0 Å². The second kappa shape index (κ2) is 9.40. The van der Waals surface area contributed by atoms with Gasteiger partial charge < -0.3 is 15.1 Å². The van der Waals surface area contributed by atoms with Gasteiger partial charge in [0.15, 0.2) is 5.60 Å². The summed E-state index contributed by atoms with van der Waals surface area (Å²) in [5, 5.41) is 21.4. The number of carboxylic acid groups (broad SMARTS) is 1. The highest BCUT2D eigenvalue weighted by Gasteiger charge is 2.47. The predicted molar refractivity (Wildman–Crippen MR) is 107 cm³/mol. The molecule has 0 aliphatic heterocycles. The highest BCUT2D eigenvalue weighted by atomic mass is 16.4. The van der Waals surface area contributed by atoms with E-state index in [1.54, 1.807) is 0 Å². The molecule has 0 radical (unpaired) electrons. The Morgan fingerprint density at radius 3 is 2.35 bits per heavy atom. The van der Waals surface area contributed by atoms with Crippen LogP contribution in [0, 0.1) is 5.92 Å². The van der Waals surface area contributed by atoms with Crippen LogP contribution in [0.4, 0.5) is 5.69 Å². The molecule has 1 unspecified atom stereocenters. The fraction of sp³-hybridized carbons (Fsp3) is 0.682. The molecule has 1 atom stereocenters. The third kappa shape index (κ3) is 4.22. The van der Waals surface area contributed by atoms with Crippen molar-refractivity contribution in [2.24, 2.45) is 5.92 Å². The number of aryl methyl sites for hydroxylation is 1. The van der Waals surface area contributed by atoms with Crippen molar-refractivity contribution >= 4 is 11.7 Å². The molecule has 4 nitrogen and oxygen atoms in total. The van der Waals surface area contributed by atoms with Crippen molar-refractivity contribution in [1.29, 1.82) is 0 Å². The standard InChI is InChI=1S/C22H35NO3/c1-4-7-11-17-16-19(23(5-2)6-3)14-15-20(17)22(26,21(24)25)18-12-9-8-10-13-18/h14-16,18,26H,4-13H2,1-3H3,(H,24,25). The molecule has 4 heteroatoms. The van der Waals surface area contributed by atoms with Gasteiger partial charge in [-0.15, -0.1) is 0 Å². The fourth-order valence-corrected chi connectivity index (χ4v) is 4.34. The largest absolute Gasteiger partial charge is 0.479 e. The van der Waals surface area contributed by atoms with Crippen LogP contribution in [-0.2, 0) is 16.8 Å². The van der Waals surface area contributed by atoms with Crippen LogP contribution in [-0.4, -0.2) is 29.3 Å². The minimum atomic E-state index is -1.77. The maximum Gasteiger partial charge on any atom is 0.340 e. The number of hydrogen-bond donors (Lipinski definition) is 2. The maximum absolute atomic E-state index is 12.2. The van der Waals surface area contributed by atoms with Crippen LogP contribution in [0.3, 0.4) is 0 Å². The number of carbonyl (C=O) groups is 1. The lowest BCUT2D eigenvalue weighted by atomic mass is 9.71. The topological polar surface area (TPSA) is 60.8 Å². The van der Waals surface area contributed by atoms with Crippen LogP contribution in [0.1, 0.15) is 76.8 Å². The molecule has 1 aromatic carbocycles. The summed E-state index contributed by atoms with van der Waals surface area (Å²) in [7, 11) is 0. The van der Waals surface area contributed by atoms with Crippen LogP contribution in [0.15, 0.2) is 18.2 Å². The number of aliphatic carboxylic acids is 1. The highest BCUT2D eigenvalue weighted by Crippen LogP contribution is 2.42. The zero-order valence-electron chi connectivity index (χ0n) is 16.6. The number of aliphatic hydroxyl groups is 1. The van der Waals surface area contributed by atoms with Crippen LogP contribution < -0.4 is 4.90 Å². The summed E-state index contributed by atoms with van der Waals surface area (Å²) in [5.41, 5.74) is 0.944. The maximum atomic E-state index is 12.2. The fourth-order valence-electron chi connectivity index (χ4n) is 4.34. The summed E-state index contributed by atoms with van der Waals surface area (Å²) < 4.78 is 0. The Labute approximate surface area is 158 Å². The molecule has 0 spiro atoms. The lowest BCUT2D eigenvalue weighted by Gasteiger charge is -2.37. The molecule has 0 aromatic heterocycles. The normalized spacial score (nSPS) is 17.7. The third-order valence-electron chi connectivity index (χ3n) is 5.95. The Hall–Kier alpha value is -1.55. The monoisotopic (exact) mass is 361 g/mol. The average Bonchev–Trinajstić information content (AvgIpc) is 2.67. The first-order valence-corrected chi connectivity index (χ1v) is 10.3. The molecular formula is C22H35NO3. The molecule has 0 amide bonds. The molecule has 1 aliphatic rings. The van der Waals surface area contributed by atoms with Gasteiger partial charge in [-0.2, -0.15) is 0 Å². The van der Waals surface area contributed by atoms with Gasteiger partial charge >= 0.3 is 5.97 Å². The minimum Gasteiger partial charge on any atom is -0.479 e. The highest BCUT2D eigenvalue weighted by molar-refractivity contribution is 5.80. The zero-order chi connectivity index (χ0) is 19.2. The van der Waals surface area contributed by atoms with Crippen molar-refractivity contribution in [2.45, 2.75) is 77.7 Å². The third-order valence-corrected chi connectivity index (χ3v) is 5.95. The molecule has 0 heterocycles. The Kier molecular flexibility index (Phi) is 7.51. The molecule has 1 aliphatic carbocycles. The first-order valence-electron chi connectivity index (χ1n) is 10.3. The Morgan fingerprint density at radius 1 is 1.15 bits per heavy atom. The van der Waals surface area contributed by atoms with Crippen molar-refractivity contribution < 1.29 is 15.0 Å². The summed E-state index contributed by atoms with van der Waals surface area (Å²) in [6.07, 6.45) is 7.56. The average molecular weight is 362 g/mol.